The molecule has 0 aromatic carbocycles. The van der Waals surface area contributed by atoms with Crippen LogP contribution in [0.2, 0.25) is 0 Å². The predicted octanol–water partition coefficient (Wildman–Crippen LogP) is 2.95. The van der Waals surface area contributed by atoms with Gasteiger partial charge in [-0.1, -0.05) is 0 Å². The zero-order valence-electron chi connectivity index (χ0n) is 13.5. The van der Waals surface area contributed by atoms with Crippen molar-refractivity contribution >= 4 is 22.0 Å². The van der Waals surface area contributed by atoms with Gasteiger partial charge in [0, 0.05) is 20.3 Å². The highest BCUT2D eigenvalue weighted by molar-refractivity contribution is 9.10. The Balaban J connectivity index is 2.41. The SMILES string of the molecule is C[C@@H](COCc1nn(C)cc1Br)N(C)C(=O)OC(C)(C)C. The molecule has 0 saturated carbocycles. The summed E-state index contributed by atoms with van der Waals surface area (Å²) in [6.07, 6.45) is 1.52. The summed E-state index contributed by atoms with van der Waals surface area (Å²) in [6, 6.07) is -0.0812. The minimum atomic E-state index is -0.495. The Morgan fingerprint density at radius 3 is 2.62 bits per heavy atom. The Bertz CT molecular complexity index is 482. The summed E-state index contributed by atoms with van der Waals surface area (Å²) in [7, 11) is 3.56. The number of hydrogen-bond acceptors (Lipinski definition) is 4. The van der Waals surface area contributed by atoms with Crippen molar-refractivity contribution in [2.45, 2.75) is 45.9 Å². The second-order valence-corrected chi connectivity index (χ2v) is 6.91. The van der Waals surface area contributed by atoms with E-state index in [1.165, 1.54) is 0 Å². The van der Waals surface area contributed by atoms with Gasteiger partial charge in [-0.05, 0) is 43.6 Å². The lowest BCUT2D eigenvalue weighted by molar-refractivity contribution is 0.00884. The van der Waals surface area contributed by atoms with Crippen LogP contribution in [0.3, 0.4) is 0 Å². The number of aryl methyl sites for hydroxylation is 1. The van der Waals surface area contributed by atoms with Gasteiger partial charge >= 0.3 is 6.09 Å². The van der Waals surface area contributed by atoms with Gasteiger partial charge in [-0.25, -0.2) is 4.79 Å². The topological polar surface area (TPSA) is 56.6 Å². The zero-order valence-corrected chi connectivity index (χ0v) is 15.1. The van der Waals surface area contributed by atoms with Gasteiger partial charge in [0.05, 0.1) is 23.7 Å². The van der Waals surface area contributed by atoms with Crippen LogP contribution in [-0.4, -0.2) is 46.1 Å². The van der Waals surface area contributed by atoms with E-state index in [2.05, 4.69) is 21.0 Å². The van der Waals surface area contributed by atoms with Gasteiger partial charge in [0.25, 0.3) is 0 Å². The molecule has 1 amide bonds. The quantitative estimate of drug-likeness (QED) is 0.808. The zero-order chi connectivity index (χ0) is 16.2. The summed E-state index contributed by atoms with van der Waals surface area (Å²) in [5.74, 6) is 0. The van der Waals surface area contributed by atoms with Crippen LogP contribution >= 0.6 is 15.9 Å². The van der Waals surface area contributed by atoms with Gasteiger partial charge in [0.1, 0.15) is 11.3 Å². The number of amides is 1. The molecule has 0 aliphatic carbocycles. The normalized spacial score (nSPS) is 13.1. The standard InChI is InChI=1S/C14H24BrN3O3/c1-10(18(6)13(19)21-14(2,3)4)8-20-9-12-11(15)7-17(5)16-12/h7,10H,8-9H2,1-6H3/t10-/m0/s1. The fourth-order valence-electron chi connectivity index (χ4n) is 1.56. The Kier molecular flexibility index (Phi) is 6.22. The molecule has 21 heavy (non-hydrogen) atoms. The highest BCUT2D eigenvalue weighted by Gasteiger charge is 2.23. The van der Waals surface area contributed by atoms with Crippen molar-refractivity contribution < 1.29 is 14.3 Å². The van der Waals surface area contributed by atoms with Crippen molar-refractivity contribution in [3.63, 3.8) is 0 Å². The molecule has 0 spiro atoms. The van der Waals surface area contributed by atoms with Crippen molar-refractivity contribution in [3.05, 3.63) is 16.4 Å². The van der Waals surface area contributed by atoms with Gasteiger partial charge in [-0.2, -0.15) is 5.10 Å². The highest BCUT2D eigenvalue weighted by atomic mass is 79.9. The highest BCUT2D eigenvalue weighted by Crippen LogP contribution is 2.15. The Hall–Kier alpha value is -1.08. The molecule has 1 heterocycles. The predicted molar refractivity (Wildman–Crippen MR) is 84.0 cm³/mol. The molecule has 120 valence electrons. The van der Waals surface area contributed by atoms with E-state index in [1.807, 2.05) is 40.9 Å². The first kappa shape index (κ1) is 18.0. The average molecular weight is 362 g/mol. The summed E-state index contributed by atoms with van der Waals surface area (Å²) in [5.41, 5.74) is 0.342. The van der Waals surface area contributed by atoms with E-state index in [9.17, 15) is 4.79 Å². The van der Waals surface area contributed by atoms with Crippen molar-refractivity contribution in [3.8, 4) is 0 Å². The van der Waals surface area contributed by atoms with E-state index in [1.54, 1.807) is 16.6 Å². The molecule has 0 radical (unpaired) electrons. The molecule has 6 nitrogen and oxygen atoms in total. The average Bonchev–Trinajstić information content (AvgIpc) is 2.64. The molecule has 0 unspecified atom stereocenters. The van der Waals surface area contributed by atoms with Crippen molar-refractivity contribution in [2.75, 3.05) is 13.7 Å². The third-order valence-electron chi connectivity index (χ3n) is 2.79. The van der Waals surface area contributed by atoms with Crippen LogP contribution in [0.4, 0.5) is 4.79 Å². The molecule has 1 rings (SSSR count). The second-order valence-electron chi connectivity index (χ2n) is 6.05. The number of likely N-dealkylation sites (N-methyl/N-ethyl adjacent to an activating group) is 1. The maximum absolute atomic E-state index is 11.9. The summed E-state index contributed by atoms with van der Waals surface area (Å²) in [4.78, 5) is 13.5. The van der Waals surface area contributed by atoms with E-state index in [0.29, 0.717) is 13.2 Å². The molecule has 1 aromatic heterocycles. The van der Waals surface area contributed by atoms with E-state index in [4.69, 9.17) is 9.47 Å². The van der Waals surface area contributed by atoms with Gasteiger partial charge in [-0.3, -0.25) is 4.68 Å². The van der Waals surface area contributed by atoms with Crippen LogP contribution in [-0.2, 0) is 23.1 Å². The van der Waals surface area contributed by atoms with E-state index < -0.39 is 5.60 Å². The largest absolute Gasteiger partial charge is 0.444 e. The third kappa shape index (κ3) is 6.05. The van der Waals surface area contributed by atoms with Gasteiger partial charge in [0.15, 0.2) is 0 Å². The molecular formula is C14H24BrN3O3. The third-order valence-corrected chi connectivity index (χ3v) is 3.46. The number of ether oxygens (including phenoxy) is 2. The van der Waals surface area contributed by atoms with Crippen LogP contribution in [0.1, 0.15) is 33.4 Å². The number of carbonyl (C=O) groups is 1. The number of carbonyl (C=O) groups excluding carboxylic acids is 1. The van der Waals surface area contributed by atoms with Gasteiger partial charge < -0.3 is 14.4 Å². The number of nitrogens with zero attached hydrogens (tertiary/aromatic N) is 3. The fraction of sp³-hybridized carbons (Fsp3) is 0.714. The van der Waals surface area contributed by atoms with Gasteiger partial charge in [-0.15, -0.1) is 0 Å². The number of rotatable bonds is 5. The first-order valence-corrected chi connectivity index (χ1v) is 7.61. The fourth-order valence-corrected chi connectivity index (χ4v) is 2.05. The summed E-state index contributed by atoms with van der Waals surface area (Å²) in [5, 5.41) is 4.28. The number of hydrogen-bond donors (Lipinski definition) is 0. The lowest BCUT2D eigenvalue weighted by Crippen LogP contribution is -2.41. The number of halogens is 1. The molecule has 7 heteroatoms. The molecule has 0 aliphatic rings. The Labute approximate surface area is 134 Å². The van der Waals surface area contributed by atoms with Crippen LogP contribution in [0.15, 0.2) is 10.7 Å². The maximum atomic E-state index is 11.9. The smallest absolute Gasteiger partial charge is 0.410 e. The molecule has 1 atom stereocenters. The van der Waals surface area contributed by atoms with Crippen molar-refractivity contribution in [2.24, 2.45) is 7.05 Å². The van der Waals surface area contributed by atoms with Gasteiger partial charge in [0.2, 0.25) is 0 Å². The first-order chi connectivity index (χ1) is 9.60. The van der Waals surface area contributed by atoms with Crippen molar-refractivity contribution in [1.82, 2.24) is 14.7 Å². The lowest BCUT2D eigenvalue weighted by atomic mass is 10.2. The second kappa shape index (κ2) is 7.26. The minimum absolute atomic E-state index is 0.0812. The van der Waals surface area contributed by atoms with Crippen LogP contribution in [0, 0.1) is 0 Å². The van der Waals surface area contributed by atoms with E-state index >= 15 is 0 Å². The summed E-state index contributed by atoms with van der Waals surface area (Å²) >= 11 is 3.42. The number of aromatic nitrogens is 2. The summed E-state index contributed by atoms with van der Waals surface area (Å²) < 4.78 is 13.6. The molecular weight excluding hydrogens is 338 g/mol. The maximum Gasteiger partial charge on any atom is 0.410 e. The summed E-state index contributed by atoms with van der Waals surface area (Å²) in [6.45, 7) is 8.26. The van der Waals surface area contributed by atoms with Crippen LogP contribution in [0.5, 0.6) is 0 Å². The van der Waals surface area contributed by atoms with E-state index in [0.717, 1.165) is 10.2 Å². The first-order valence-electron chi connectivity index (χ1n) is 6.81. The van der Waals surface area contributed by atoms with Crippen molar-refractivity contribution in [1.29, 1.82) is 0 Å². The molecule has 0 fully saturated rings. The molecule has 1 aromatic rings. The van der Waals surface area contributed by atoms with Crippen LogP contribution < -0.4 is 0 Å². The Morgan fingerprint density at radius 2 is 2.14 bits per heavy atom. The molecule has 0 N–H and O–H groups in total. The monoisotopic (exact) mass is 361 g/mol. The molecule has 0 saturated heterocycles. The van der Waals surface area contributed by atoms with E-state index in [-0.39, 0.29) is 12.1 Å². The Morgan fingerprint density at radius 1 is 1.52 bits per heavy atom. The minimum Gasteiger partial charge on any atom is -0.444 e. The lowest BCUT2D eigenvalue weighted by Gasteiger charge is -2.28. The molecule has 0 aliphatic heterocycles. The van der Waals surface area contributed by atoms with Crippen LogP contribution in [0.25, 0.3) is 0 Å². The molecule has 0 bridgehead atoms.